The molecule has 10 nitrogen and oxygen atoms in total. The first kappa shape index (κ1) is 27.4. The number of hydrogen-bond acceptors (Lipinski definition) is 6. The van der Waals surface area contributed by atoms with Crippen molar-refractivity contribution in [2.24, 2.45) is 11.8 Å². The van der Waals surface area contributed by atoms with Gasteiger partial charge in [-0.15, -0.1) is 0 Å². The minimum atomic E-state index is -0.908. The van der Waals surface area contributed by atoms with Gasteiger partial charge in [-0.05, 0) is 32.1 Å². The molecule has 0 spiro atoms. The number of hydrogen-bond donors (Lipinski definition) is 4. The molecule has 0 saturated carbocycles. The van der Waals surface area contributed by atoms with Crippen LogP contribution in [0.15, 0.2) is 0 Å². The van der Waals surface area contributed by atoms with Gasteiger partial charge in [-0.3, -0.25) is 19.2 Å². The molecular weight excluding hydrogens is 392 g/mol. The molecule has 30 heavy (non-hydrogen) atoms. The van der Waals surface area contributed by atoms with Gasteiger partial charge in [0.1, 0.15) is 24.2 Å². The minimum absolute atomic E-state index is 0.0846. The van der Waals surface area contributed by atoms with E-state index in [1.165, 1.54) is 27.9 Å². The van der Waals surface area contributed by atoms with Crippen molar-refractivity contribution in [2.45, 2.75) is 79.1 Å². The van der Waals surface area contributed by atoms with E-state index in [0.717, 1.165) is 0 Å². The largest absolute Gasteiger partial charge is 0.467 e. The zero-order valence-corrected chi connectivity index (χ0v) is 19.1. The van der Waals surface area contributed by atoms with Crippen LogP contribution < -0.4 is 21.3 Å². The third kappa shape index (κ3) is 9.71. The Balaban J connectivity index is 5.31. The highest BCUT2D eigenvalue weighted by Gasteiger charge is 2.31. The molecule has 4 atom stereocenters. The molecule has 0 rings (SSSR count). The summed E-state index contributed by atoms with van der Waals surface area (Å²) in [5.41, 5.74) is 0. The molecule has 0 aliphatic heterocycles. The summed E-state index contributed by atoms with van der Waals surface area (Å²) in [4.78, 5) is 60.5. The Morgan fingerprint density at radius 1 is 0.733 bits per heavy atom. The SMILES string of the molecule is COC(=O)[C@H](C)NC(=O)[C@H](CC(C)C)NC(=O)[C@@H](NC(=O)[C@H](C)NC(C)=O)C(C)C. The van der Waals surface area contributed by atoms with Gasteiger partial charge in [0.05, 0.1) is 7.11 Å². The smallest absolute Gasteiger partial charge is 0.328 e. The third-order valence-electron chi connectivity index (χ3n) is 4.31. The molecule has 0 bridgehead atoms. The van der Waals surface area contributed by atoms with Gasteiger partial charge in [-0.25, -0.2) is 4.79 Å². The van der Waals surface area contributed by atoms with Crippen LogP contribution in [0.4, 0.5) is 0 Å². The van der Waals surface area contributed by atoms with Crippen LogP contribution in [0.3, 0.4) is 0 Å². The highest BCUT2D eigenvalue weighted by molar-refractivity contribution is 5.94. The lowest BCUT2D eigenvalue weighted by Gasteiger charge is -2.27. The van der Waals surface area contributed by atoms with Crippen LogP contribution in [-0.2, 0) is 28.7 Å². The standard InChI is InChI=1S/C20H36N4O6/c1-10(2)9-15(18(27)22-13(6)20(29)30-8)23-19(28)16(11(3)4)24-17(26)12(5)21-14(7)25/h10-13,15-16H,9H2,1-8H3,(H,21,25)(H,22,27)(H,23,28)(H,24,26)/t12-,13-,15-,16-/m0/s1. The number of carbonyl (C=O) groups excluding carboxylic acids is 5. The van der Waals surface area contributed by atoms with Gasteiger partial charge in [0.2, 0.25) is 23.6 Å². The fourth-order valence-electron chi connectivity index (χ4n) is 2.70. The first-order valence-electron chi connectivity index (χ1n) is 10.1. The second-order valence-corrected chi connectivity index (χ2v) is 8.10. The molecule has 0 fully saturated rings. The average molecular weight is 429 g/mol. The molecule has 4 amide bonds. The Morgan fingerprint density at radius 2 is 1.30 bits per heavy atom. The van der Waals surface area contributed by atoms with E-state index in [2.05, 4.69) is 26.0 Å². The molecule has 0 aromatic heterocycles. The number of esters is 1. The lowest BCUT2D eigenvalue weighted by molar-refractivity contribution is -0.145. The summed E-state index contributed by atoms with van der Waals surface area (Å²) < 4.78 is 4.60. The summed E-state index contributed by atoms with van der Waals surface area (Å²) in [5, 5.41) is 10.3. The Bertz CT molecular complexity index is 635. The molecule has 0 saturated heterocycles. The first-order chi connectivity index (χ1) is 13.8. The highest BCUT2D eigenvalue weighted by Crippen LogP contribution is 2.09. The number of carbonyl (C=O) groups is 5. The number of rotatable bonds is 11. The van der Waals surface area contributed by atoms with E-state index < -0.39 is 47.9 Å². The van der Waals surface area contributed by atoms with Gasteiger partial charge in [-0.1, -0.05) is 27.7 Å². The van der Waals surface area contributed by atoms with Crippen molar-refractivity contribution in [1.82, 2.24) is 21.3 Å². The maximum Gasteiger partial charge on any atom is 0.328 e. The Labute approximate surface area is 178 Å². The molecule has 10 heteroatoms. The minimum Gasteiger partial charge on any atom is -0.467 e. The predicted octanol–water partition coefficient (Wildman–Crippen LogP) is -0.140. The van der Waals surface area contributed by atoms with E-state index >= 15 is 0 Å². The van der Waals surface area contributed by atoms with Gasteiger partial charge in [0.15, 0.2) is 0 Å². The second kappa shape index (κ2) is 12.8. The highest BCUT2D eigenvalue weighted by atomic mass is 16.5. The van der Waals surface area contributed by atoms with Crippen LogP contribution in [0.25, 0.3) is 0 Å². The van der Waals surface area contributed by atoms with E-state index in [9.17, 15) is 24.0 Å². The van der Waals surface area contributed by atoms with Crippen LogP contribution in [0.1, 0.15) is 54.9 Å². The van der Waals surface area contributed by atoms with Gasteiger partial charge in [0, 0.05) is 6.92 Å². The maximum absolute atomic E-state index is 12.9. The van der Waals surface area contributed by atoms with Crippen molar-refractivity contribution in [1.29, 1.82) is 0 Å². The summed E-state index contributed by atoms with van der Waals surface area (Å²) >= 11 is 0. The molecule has 0 aromatic rings. The summed E-state index contributed by atoms with van der Waals surface area (Å²) in [6.45, 7) is 11.6. The maximum atomic E-state index is 12.9. The number of nitrogens with one attached hydrogen (secondary N) is 4. The summed E-state index contributed by atoms with van der Waals surface area (Å²) in [5.74, 6) is -2.70. The molecule has 0 aliphatic rings. The van der Waals surface area contributed by atoms with Crippen LogP contribution in [-0.4, -0.2) is 60.9 Å². The normalized spacial score (nSPS) is 14.9. The topological polar surface area (TPSA) is 143 Å². The molecule has 172 valence electrons. The fourth-order valence-corrected chi connectivity index (χ4v) is 2.70. The average Bonchev–Trinajstić information content (AvgIpc) is 2.62. The molecule has 0 aromatic carbocycles. The van der Waals surface area contributed by atoms with Crippen LogP contribution in [0.5, 0.6) is 0 Å². The molecule has 0 aliphatic carbocycles. The zero-order valence-electron chi connectivity index (χ0n) is 19.1. The number of amides is 4. The lowest BCUT2D eigenvalue weighted by Crippen LogP contribution is -2.58. The molecule has 0 radical (unpaired) electrons. The third-order valence-corrected chi connectivity index (χ3v) is 4.31. The van der Waals surface area contributed by atoms with E-state index in [4.69, 9.17) is 0 Å². The van der Waals surface area contributed by atoms with Gasteiger partial charge in [-0.2, -0.15) is 0 Å². The number of methoxy groups -OCH3 is 1. The predicted molar refractivity (Wildman–Crippen MR) is 111 cm³/mol. The van der Waals surface area contributed by atoms with Gasteiger partial charge in [0.25, 0.3) is 0 Å². The Morgan fingerprint density at radius 3 is 1.73 bits per heavy atom. The van der Waals surface area contributed by atoms with E-state index in [0.29, 0.717) is 6.42 Å². The van der Waals surface area contributed by atoms with E-state index in [1.807, 2.05) is 13.8 Å². The number of ether oxygens (including phenoxy) is 1. The Kier molecular flexibility index (Phi) is 11.7. The zero-order chi connectivity index (χ0) is 23.6. The van der Waals surface area contributed by atoms with Crippen molar-refractivity contribution < 1.29 is 28.7 Å². The van der Waals surface area contributed by atoms with Gasteiger partial charge >= 0.3 is 5.97 Å². The molecule has 0 heterocycles. The lowest BCUT2D eigenvalue weighted by atomic mass is 9.99. The quantitative estimate of drug-likeness (QED) is 0.337. The first-order valence-corrected chi connectivity index (χ1v) is 10.1. The molecule has 0 unspecified atom stereocenters. The fraction of sp³-hybridized carbons (Fsp3) is 0.750. The van der Waals surface area contributed by atoms with Crippen molar-refractivity contribution >= 4 is 29.6 Å². The van der Waals surface area contributed by atoms with E-state index in [1.54, 1.807) is 13.8 Å². The van der Waals surface area contributed by atoms with Crippen LogP contribution in [0.2, 0.25) is 0 Å². The Hall–Kier alpha value is -2.65. The van der Waals surface area contributed by atoms with E-state index in [-0.39, 0.29) is 17.7 Å². The van der Waals surface area contributed by atoms with Crippen LogP contribution >= 0.6 is 0 Å². The second-order valence-electron chi connectivity index (χ2n) is 8.10. The monoisotopic (exact) mass is 428 g/mol. The summed E-state index contributed by atoms with van der Waals surface area (Å²) in [6, 6.07) is -3.48. The van der Waals surface area contributed by atoms with Crippen molar-refractivity contribution in [3.63, 3.8) is 0 Å². The van der Waals surface area contributed by atoms with Crippen molar-refractivity contribution in [3.05, 3.63) is 0 Å². The van der Waals surface area contributed by atoms with Crippen molar-refractivity contribution in [3.8, 4) is 0 Å². The van der Waals surface area contributed by atoms with Crippen molar-refractivity contribution in [2.75, 3.05) is 7.11 Å². The molecular formula is C20H36N4O6. The molecule has 4 N–H and O–H groups in total. The summed E-state index contributed by atoms with van der Waals surface area (Å²) in [6.07, 6.45) is 0.340. The van der Waals surface area contributed by atoms with Crippen LogP contribution in [0, 0.1) is 11.8 Å². The summed E-state index contributed by atoms with van der Waals surface area (Å²) in [7, 11) is 1.22. The van der Waals surface area contributed by atoms with Gasteiger partial charge < -0.3 is 26.0 Å².